The zero-order chi connectivity index (χ0) is 24.7. The SMILES string of the molecule is Cc1ccc(CNC(=O)[C@@]2(C)Cn3nc(-c4ccco4)cc3C(=O)N2c2cc(C)cc(C)c2)cc1. The number of furan rings is 1. The average molecular weight is 469 g/mol. The van der Waals surface area contributed by atoms with Gasteiger partial charge < -0.3 is 9.73 Å². The molecule has 1 aliphatic heterocycles. The van der Waals surface area contributed by atoms with Crippen LogP contribution < -0.4 is 10.2 Å². The molecule has 0 unspecified atom stereocenters. The van der Waals surface area contributed by atoms with Crippen molar-refractivity contribution in [2.75, 3.05) is 4.90 Å². The highest BCUT2D eigenvalue weighted by atomic mass is 16.3. The van der Waals surface area contributed by atoms with Crippen LogP contribution in [0.4, 0.5) is 5.69 Å². The van der Waals surface area contributed by atoms with Crippen LogP contribution in [-0.4, -0.2) is 27.1 Å². The molecular weight excluding hydrogens is 440 g/mol. The Kier molecular flexibility index (Phi) is 5.55. The fourth-order valence-corrected chi connectivity index (χ4v) is 4.69. The number of aryl methyl sites for hydroxylation is 3. The number of nitrogens with one attached hydrogen (secondary N) is 1. The maximum Gasteiger partial charge on any atom is 0.277 e. The Morgan fingerprint density at radius 2 is 1.74 bits per heavy atom. The van der Waals surface area contributed by atoms with Gasteiger partial charge in [0.15, 0.2) is 5.76 Å². The van der Waals surface area contributed by atoms with E-state index in [0.29, 0.717) is 29.4 Å². The first-order valence-electron chi connectivity index (χ1n) is 11.6. The second kappa shape index (κ2) is 8.58. The Hall–Kier alpha value is -4.13. The van der Waals surface area contributed by atoms with Gasteiger partial charge in [0.1, 0.15) is 16.9 Å². The highest BCUT2D eigenvalue weighted by Crippen LogP contribution is 2.35. The van der Waals surface area contributed by atoms with Crippen molar-refractivity contribution in [1.29, 1.82) is 0 Å². The summed E-state index contributed by atoms with van der Waals surface area (Å²) in [4.78, 5) is 29.3. The van der Waals surface area contributed by atoms with Gasteiger partial charge in [-0.1, -0.05) is 35.9 Å². The highest BCUT2D eigenvalue weighted by molar-refractivity contribution is 6.12. The molecule has 5 rings (SSSR count). The number of fused-ring (bicyclic) bond motifs is 1. The Labute approximate surface area is 204 Å². The Balaban J connectivity index is 1.55. The first kappa shape index (κ1) is 22.7. The molecule has 2 amide bonds. The van der Waals surface area contributed by atoms with Gasteiger partial charge in [-0.15, -0.1) is 0 Å². The van der Waals surface area contributed by atoms with Crippen LogP contribution in [-0.2, 0) is 17.9 Å². The molecule has 0 aliphatic carbocycles. The first-order valence-corrected chi connectivity index (χ1v) is 11.6. The monoisotopic (exact) mass is 468 g/mol. The molecule has 178 valence electrons. The van der Waals surface area contributed by atoms with Crippen molar-refractivity contribution in [2.24, 2.45) is 0 Å². The molecule has 0 fully saturated rings. The summed E-state index contributed by atoms with van der Waals surface area (Å²) in [6, 6.07) is 19.2. The fourth-order valence-electron chi connectivity index (χ4n) is 4.69. The summed E-state index contributed by atoms with van der Waals surface area (Å²) < 4.78 is 7.11. The molecule has 0 radical (unpaired) electrons. The average Bonchev–Trinajstić information content (AvgIpc) is 3.48. The van der Waals surface area contributed by atoms with Crippen LogP contribution in [0.5, 0.6) is 0 Å². The van der Waals surface area contributed by atoms with Crippen LogP contribution in [0.15, 0.2) is 71.3 Å². The van der Waals surface area contributed by atoms with E-state index in [2.05, 4.69) is 10.4 Å². The summed E-state index contributed by atoms with van der Waals surface area (Å²) in [6.07, 6.45) is 1.57. The fraction of sp³-hybridized carbons (Fsp3) is 0.250. The molecule has 7 nitrogen and oxygen atoms in total. The van der Waals surface area contributed by atoms with E-state index in [4.69, 9.17) is 4.42 Å². The third-order valence-electron chi connectivity index (χ3n) is 6.45. The molecule has 35 heavy (non-hydrogen) atoms. The number of nitrogens with zero attached hydrogens (tertiary/aromatic N) is 3. The minimum absolute atomic E-state index is 0.210. The molecule has 0 bridgehead atoms. The molecular formula is C28H28N4O3. The second-order valence-electron chi connectivity index (χ2n) is 9.48. The van der Waals surface area contributed by atoms with Gasteiger partial charge in [0.2, 0.25) is 5.91 Å². The van der Waals surface area contributed by atoms with E-state index >= 15 is 0 Å². The summed E-state index contributed by atoms with van der Waals surface area (Å²) in [5, 5.41) is 7.66. The molecule has 2 aromatic heterocycles. The Morgan fingerprint density at radius 1 is 1.03 bits per heavy atom. The van der Waals surface area contributed by atoms with E-state index in [1.54, 1.807) is 41.0 Å². The smallest absolute Gasteiger partial charge is 0.277 e. The number of carbonyl (C=O) groups excluding carboxylic acids is 2. The lowest BCUT2D eigenvalue weighted by Crippen LogP contribution is -2.64. The van der Waals surface area contributed by atoms with Crippen LogP contribution in [0.2, 0.25) is 0 Å². The van der Waals surface area contributed by atoms with E-state index in [1.165, 1.54) is 0 Å². The number of carbonyl (C=O) groups is 2. The highest BCUT2D eigenvalue weighted by Gasteiger charge is 2.49. The topological polar surface area (TPSA) is 80.4 Å². The zero-order valence-electron chi connectivity index (χ0n) is 20.3. The van der Waals surface area contributed by atoms with Gasteiger partial charge in [-0.2, -0.15) is 5.10 Å². The number of anilines is 1. The molecule has 1 N–H and O–H groups in total. The van der Waals surface area contributed by atoms with Crippen molar-refractivity contribution in [3.63, 3.8) is 0 Å². The molecule has 1 atom stereocenters. The number of aromatic nitrogens is 2. The third kappa shape index (κ3) is 4.14. The van der Waals surface area contributed by atoms with Gasteiger partial charge in [0.25, 0.3) is 5.91 Å². The third-order valence-corrected chi connectivity index (χ3v) is 6.45. The van der Waals surface area contributed by atoms with E-state index in [1.807, 2.05) is 63.2 Å². The van der Waals surface area contributed by atoms with Crippen molar-refractivity contribution >= 4 is 17.5 Å². The maximum absolute atomic E-state index is 13.9. The minimum Gasteiger partial charge on any atom is -0.463 e. The largest absolute Gasteiger partial charge is 0.463 e. The molecule has 2 aromatic carbocycles. The van der Waals surface area contributed by atoms with E-state index < -0.39 is 5.54 Å². The van der Waals surface area contributed by atoms with Gasteiger partial charge in [-0.3, -0.25) is 19.2 Å². The molecule has 4 aromatic rings. The summed E-state index contributed by atoms with van der Waals surface area (Å²) >= 11 is 0. The van der Waals surface area contributed by atoms with Gasteiger partial charge in [-0.05, 0) is 68.7 Å². The van der Waals surface area contributed by atoms with Crippen LogP contribution >= 0.6 is 0 Å². The molecule has 0 spiro atoms. The molecule has 0 saturated heterocycles. The standard InChI is InChI=1S/C28H28N4O3/c1-18-7-9-21(10-8-18)16-29-27(34)28(4)17-31-24(15-23(30-31)25-6-5-11-35-25)26(33)32(28)22-13-19(2)12-20(3)14-22/h5-15H,16-17H2,1-4H3,(H,29,34)/t28-/m1/s1. The molecule has 7 heteroatoms. The van der Waals surface area contributed by atoms with Gasteiger partial charge in [0.05, 0.1) is 12.8 Å². The summed E-state index contributed by atoms with van der Waals surface area (Å²) in [5.41, 5.74) is 4.66. The van der Waals surface area contributed by atoms with Gasteiger partial charge >= 0.3 is 0 Å². The zero-order valence-corrected chi connectivity index (χ0v) is 20.3. The summed E-state index contributed by atoms with van der Waals surface area (Å²) in [6.45, 7) is 8.37. The van der Waals surface area contributed by atoms with Crippen molar-refractivity contribution in [3.8, 4) is 11.5 Å². The van der Waals surface area contributed by atoms with Crippen molar-refractivity contribution < 1.29 is 14.0 Å². The van der Waals surface area contributed by atoms with E-state index in [-0.39, 0.29) is 18.4 Å². The summed E-state index contributed by atoms with van der Waals surface area (Å²) in [7, 11) is 0. The van der Waals surface area contributed by atoms with Crippen molar-refractivity contribution in [2.45, 2.75) is 46.3 Å². The predicted molar refractivity (Wildman–Crippen MR) is 134 cm³/mol. The van der Waals surface area contributed by atoms with Crippen LogP contribution in [0.3, 0.4) is 0 Å². The molecule has 0 saturated carbocycles. The Bertz CT molecular complexity index is 1380. The molecule has 3 heterocycles. The van der Waals surface area contributed by atoms with Crippen LogP contribution in [0.1, 0.15) is 39.7 Å². The van der Waals surface area contributed by atoms with Gasteiger partial charge in [-0.25, -0.2) is 0 Å². The lowest BCUT2D eigenvalue weighted by molar-refractivity contribution is -0.126. The van der Waals surface area contributed by atoms with Crippen molar-refractivity contribution in [1.82, 2.24) is 15.1 Å². The number of amides is 2. The van der Waals surface area contributed by atoms with Crippen LogP contribution in [0.25, 0.3) is 11.5 Å². The first-order chi connectivity index (χ1) is 16.7. The Morgan fingerprint density at radius 3 is 2.40 bits per heavy atom. The van der Waals surface area contributed by atoms with Gasteiger partial charge in [0, 0.05) is 18.3 Å². The lowest BCUT2D eigenvalue weighted by Gasteiger charge is -2.43. The maximum atomic E-state index is 13.9. The quantitative estimate of drug-likeness (QED) is 0.456. The number of benzene rings is 2. The normalized spacial score (nSPS) is 17.4. The number of hydrogen-bond donors (Lipinski definition) is 1. The molecule has 1 aliphatic rings. The van der Waals surface area contributed by atoms with Crippen LogP contribution in [0, 0.1) is 20.8 Å². The number of hydrogen-bond acceptors (Lipinski definition) is 4. The van der Waals surface area contributed by atoms with E-state index in [0.717, 1.165) is 22.3 Å². The summed E-state index contributed by atoms with van der Waals surface area (Å²) in [5.74, 6) is 0.0500. The number of rotatable bonds is 5. The van der Waals surface area contributed by atoms with Crippen molar-refractivity contribution in [3.05, 3.63) is 94.9 Å². The second-order valence-corrected chi connectivity index (χ2v) is 9.48. The lowest BCUT2D eigenvalue weighted by atomic mass is 9.93. The minimum atomic E-state index is -1.19. The van der Waals surface area contributed by atoms with E-state index in [9.17, 15) is 9.59 Å². The predicted octanol–water partition coefficient (Wildman–Crippen LogP) is 4.80.